The summed E-state index contributed by atoms with van der Waals surface area (Å²) in [6.07, 6.45) is 2.18. The third-order valence-corrected chi connectivity index (χ3v) is 4.89. The Bertz CT molecular complexity index is 530. The van der Waals surface area contributed by atoms with E-state index in [9.17, 15) is 9.59 Å². The van der Waals surface area contributed by atoms with Gasteiger partial charge in [0.05, 0.1) is 11.1 Å². The largest absolute Gasteiger partial charge is 0.271 e. The Morgan fingerprint density at radius 1 is 1.00 bits per heavy atom. The van der Waals surface area contributed by atoms with Gasteiger partial charge in [-0.3, -0.25) is 14.5 Å². The smallest absolute Gasteiger partial charge is 0.261 e. The number of fused-ring (bicyclic) bond motifs is 2. The van der Waals surface area contributed by atoms with Crippen molar-refractivity contribution in [2.75, 3.05) is 0 Å². The molecule has 0 bridgehead atoms. The monoisotopic (exact) mass is 241 g/mol. The first-order chi connectivity index (χ1) is 8.68. The fraction of sp³-hybridized carbons (Fsp3) is 0.467. The lowest BCUT2D eigenvalue weighted by Gasteiger charge is -2.24. The van der Waals surface area contributed by atoms with E-state index in [-0.39, 0.29) is 17.9 Å². The molecule has 1 aliphatic heterocycles. The molecule has 2 amide bonds. The average Bonchev–Trinajstić information content (AvgIpc) is 3.06. The predicted molar refractivity (Wildman–Crippen MR) is 66.1 cm³/mol. The third-order valence-electron chi connectivity index (χ3n) is 4.89. The molecule has 4 rings (SSSR count). The van der Waals surface area contributed by atoms with Crippen LogP contribution in [-0.4, -0.2) is 22.8 Å². The van der Waals surface area contributed by atoms with Crippen LogP contribution < -0.4 is 0 Å². The van der Waals surface area contributed by atoms with E-state index < -0.39 is 0 Å². The maximum absolute atomic E-state index is 12.4. The number of carbonyl (C=O) groups is 2. The zero-order valence-electron chi connectivity index (χ0n) is 10.3. The van der Waals surface area contributed by atoms with Gasteiger partial charge in [-0.05, 0) is 42.7 Å². The summed E-state index contributed by atoms with van der Waals surface area (Å²) in [6, 6.07) is 7.32. The summed E-state index contributed by atoms with van der Waals surface area (Å²) in [4.78, 5) is 26.3. The first-order valence-corrected chi connectivity index (χ1v) is 6.65. The molecule has 0 saturated heterocycles. The topological polar surface area (TPSA) is 37.4 Å². The summed E-state index contributed by atoms with van der Waals surface area (Å²) in [5.41, 5.74) is 1.17. The van der Waals surface area contributed by atoms with Gasteiger partial charge in [0.1, 0.15) is 0 Å². The molecule has 0 radical (unpaired) electrons. The van der Waals surface area contributed by atoms with Crippen LogP contribution in [0, 0.1) is 17.8 Å². The molecule has 3 aliphatic rings. The number of hydrogen-bond acceptors (Lipinski definition) is 2. The van der Waals surface area contributed by atoms with Crippen molar-refractivity contribution in [1.82, 2.24) is 4.90 Å². The molecular formula is C15H15NO2. The van der Waals surface area contributed by atoms with E-state index in [0.29, 0.717) is 23.0 Å². The van der Waals surface area contributed by atoms with Gasteiger partial charge >= 0.3 is 0 Å². The number of rotatable bonds is 1. The van der Waals surface area contributed by atoms with Crippen LogP contribution >= 0.6 is 0 Å². The highest BCUT2D eigenvalue weighted by molar-refractivity contribution is 6.21. The minimum Gasteiger partial charge on any atom is -0.271 e. The molecule has 2 fully saturated rings. The van der Waals surface area contributed by atoms with Crippen LogP contribution in [0.1, 0.15) is 40.5 Å². The van der Waals surface area contributed by atoms with E-state index in [2.05, 4.69) is 6.92 Å². The molecule has 0 spiro atoms. The van der Waals surface area contributed by atoms with E-state index in [1.807, 2.05) is 12.1 Å². The summed E-state index contributed by atoms with van der Waals surface area (Å²) in [6.45, 7) is 2.24. The number of hydrogen-bond donors (Lipinski definition) is 0. The van der Waals surface area contributed by atoms with Gasteiger partial charge in [0.15, 0.2) is 0 Å². The second kappa shape index (κ2) is 3.22. The van der Waals surface area contributed by atoms with E-state index in [4.69, 9.17) is 0 Å². The van der Waals surface area contributed by atoms with Crippen LogP contribution in [0.2, 0.25) is 0 Å². The summed E-state index contributed by atoms with van der Waals surface area (Å²) < 4.78 is 0. The van der Waals surface area contributed by atoms with Crippen LogP contribution in [0.15, 0.2) is 24.3 Å². The quantitative estimate of drug-likeness (QED) is 0.708. The molecule has 3 nitrogen and oxygen atoms in total. The SMILES string of the molecule is C[C@@H]1C[C@@H](N2C(=O)c3ccccc3C2=O)[C@@H]2C[C@@H]21. The zero-order chi connectivity index (χ0) is 12.4. The maximum Gasteiger partial charge on any atom is 0.261 e. The maximum atomic E-state index is 12.4. The van der Waals surface area contributed by atoms with Gasteiger partial charge < -0.3 is 0 Å². The average molecular weight is 241 g/mol. The van der Waals surface area contributed by atoms with E-state index in [1.165, 1.54) is 6.42 Å². The predicted octanol–water partition coefficient (Wildman–Crippen LogP) is 2.33. The molecule has 1 heterocycles. The van der Waals surface area contributed by atoms with Gasteiger partial charge in [0.2, 0.25) is 0 Å². The van der Waals surface area contributed by atoms with Crippen molar-refractivity contribution in [3.8, 4) is 0 Å². The first-order valence-electron chi connectivity index (χ1n) is 6.65. The molecule has 4 atom stereocenters. The standard InChI is InChI=1S/C15H15NO2/c1-8-6-13(12-7-11(8)12)16-14(17)9-4-2-3-5-10(9)15(16)18/h2-5,8,11-13H,6-7H2,1H3/t8-,11-,12-,13-/m1/s1. The number of amides is 2. The Morgan fingerprint density at radius 3 is 2.06 bits per heavy atom. The number of nitrogens with zero attached hydrogens (tertiary/aromatic N) is 1. The molecule has 92 valence electrons. The van der Waals surface area contributed by atoms with E-state index in [0.717, 1.165) is 12.3 Å². The second-order valence-corrected chi connectivity index (χ2v) is 5.87. The lowest BCUT2D eigenvalue weighted by molar-refractivity contribution is 0.0566. The Kier molecular flexibility index (Phi) is 1.84. The molecule has 2 saturated carbocycles. The van der Waals surface area contributed by atoms with Crippen LogP contribution in [0.3, 0.4) is 0 Å². The minimum atomic E-state index is -0.0830. The molecule has 2 aliphatic carbocycles. The van der Waals surface area contributed by atoms with Crippen molar-refractivity contribution in [1.29, 1.82) is 0 Å². The third kappa shape index (κ3) is 1.14. The molecule has 0 aromatic heterocycles. The lowest BCUT2D eigenvalue weighted by atomic mass is 10.0. The van der Waals surface area contributed by atoms with Crippen molar-refractivity contribution in [2.45, 2.75) is 25.8 Å². The number of carbonyl (C=O) groups excluding carboxylic acids is 2. The minimum absolute atomic E-state index is 0.0830. The highest BCUT2D eigenvalue weighted by Gasteiger charge is 2.57. The summed E-state index contributed by atoms with van der Waals surface area (Å²) in [7, 11) is 0. The zero-order valence-corrected chi connectivity index (χ0v) is 10.3. The van der Waals surface area contributed by atoms with Gasteiger partial charge in [-0.1, -0.05) is 19.1 Å². The van der Waals surface area contributed by atoms with Crippen LogP contribution in [0.5, 0.6) is 0 Å². The summed E-state index contributed by atoms with van der Waals surface area (Å²) in [5, 5.41) is 0. The number of imide groups is 1. The van der Waals surface area contributed by atoms with Crippen molar-refractivity contribution in [3.63, 3.8) is 0 Å². The van der Waals surface area contributed by atoms with E-state index >= 15 is 0 Å². The molecule has 3 heteroatoms. The van der Waals surface area contributed by atoms with Crippen LogP contribution in [0.25, 0.3) is 0 Å². The fourth-order valence-corrected chi connectivity index (χ4v) is 3.87. The van der Waals surface area contributed by atoms with Gasteiger partial charge in [-0.15, -0.1) is 0 Å². The Hall–Kier alpha value is -1.64. The van der Waals surface area contributed by atoms with Crippen molar-refractivity contribution >= 4 is 11.8 Å². The lowest BCUT2D eigenvalue weighted by Crippen LogP contribution is -2.40. The summed E-state index contributed by atoms with van der Waals surface area (Å²) in [5.74, 6) is 1.81. The van der Waals surface area contributed by atoms with Crippen LogP contribution in [-0.2, 0) is 0 Å². The van der Waals surface area contributed by atoms with E-state index in [1.54, 1.807) is 17.0 Å². The Morgan fingerprint density at radius 2 is 1.61 bits per heavy atom. The number of benzene rings is 1. The van der Waals surface area contributed by atoms with Gasteiger partial charge in [-0.25, -0.2) is 0 Å². The fourth-order valence-electron chi connectivity index (χ4n) is 3.87. The van der Waals surface area contributed by atoms with Crippen LogP contribution in [0.4, 0.5) is 0 Å². The molecule has 1 aromatic carbocycles. The molecule has 1 aromatic rings. The highest BCUT2D eigenvalue weighted by atomic mass is 16.2. The van der Waals surface area contributed by atoms with Gasteiger partial charge in [-0.2, -0.15) is 0 Å². The highest BCUT2D eigenvalue weighted by Crippen LogP contribution is 2.57. The molecule has 0 unspecified atom stereocenters. The first kappa shape index (κ1) is 10.3. The van der Waals surface area contributed by atoms with Crippen molar-refractivity contribution in [3.05, 3.63) is 35.4 Å². The summed E-state index contributed by atoms with van der Waals surface area (Å²) >= 11 is 0. The normalized spacial score (nSPS) is 36.8. The van der Waals surface area contributed by atoms with Gasteiger partial charge in [0.25, 0.3) is 11.8 Å². The second-order valence-electron chi connectivity index (χ2n) is 5.87. The van der Waals surface area contributed by atoms with Crippen molar-refractivity contribution < 1.29 is 9.59 Å². The molecular weight excluding hydrogens is 226 g/mol. The van der Waals surface area contributed by atoms with Gasteiger partial charge in [0, 0.05) is 6.04 Å². The van der Waals surface area contributed by atoms with Crippen molar-refractivity contribution in [2.24, 2.45) is 17.8 Å². The Labute approximate surface area is 106 Å². The molecule has 18 heavy (non-hydrogen) atoms. The molecule has 0 N–H and O–H groups in total. The Balaban J connectivity index is 1.73.